The maximum Gasteiger partial charge on any atom is 0.295 e. The third-order valence-corrected chi connectivity index (χ3v) is 4.91. The van der Waals surface area contributed by atoms with Crippen LogP contribution in [0.15, 0.2) is 24.3 Å². The van der Waals surface area contributed by atoms with E-state index >= 15 is 0 Å². The molecule has 0 spiro atoms. The minimum atomic E-state index is -0.403. The van der Waals surface area contributed by atoms with Crippen molar-refractivity contribution in [1.29, 1.82) is 0 Å². The second-order valence-electron chi connectivity index (χ2n) is 6.85. The maximum atomic E-state index is 12.6. The molecule has 0 bridgehead atoms. The lowest BCUT2D eigenvalue weighted by Gasteiger charge is -2.27. The van der Waals surface area contributed by atoms with E-state index in [1.165, 1.54) is 6.07 Å². The summed E-state index contributed by atoms with van der Waals surface area (Å²) < 4.78 is 0. The quantitative estimate of drug-likeness (QED) is 0.683. The number of hydrogen-bond donors (Lipinski definition) is 1. The molecule has 1 amide bonds. The first-order chi connectivity index (χ1) is 12.0. The van der Waals surface area contributed by atoms with Crippen molar-refractivity contribution < 1.29 is 9.72 Å². The van der Waals surface area contributed by atoms with Crippen LogP contribution in [0.1, 0.15) is 31.4 Å². The van der Waals surface area contributed by atoms with E-state index in [2.05, 4.69) is 15.2 Å². The highest BCUT2D eigenvalue weighted by Gasteiger charge is 2.35. The van der Waals surface area contributed by atoms with E-state index < -0.39 is 4.92 Å². The van der Waals surface area contributed by atoms with Gasteiger partial charge in [-0.15, -0.1) is 0 Å². The van der Waals surface area contributed by atoms with E-state index in [4.69, 9.17) is 0 Å². The van der Waals surface area contributed by atoms with Crippen LogP contribution in [0, 0.1) is 17.0 Å². The zero-order valence-corrected chi connectivity index (χ0v) is 14.1. The van der Waals surface area contributed by atoms with Gasteiger partial charge in [0.25, 0.3) is 5.69 Å². The normalized spacial score (nSPS) is 20.0. The summed E-state index contributed by atoms with van der Waals surface area (Å²) in [5.74, 6) is 0.0630. The Kier molecular flexibility index (Phi) is 3.78. The lowest BCUT2D eigenvalue weighted by Crippen LogP contribution is -2.44. The highest BCUT2D eigenvalue weighted by atomic mass is 16.6. The maximum absolute atomic E-state index is 12.6. The molecule has 1 saturated carbocycles. The number of hydrogen-bond acceptors (Lipinski definition) is 5. The molecule has 1 aromatic carbocycles. The van der Waals surface area contributed by atoms with Gasteiger partial charge in [0, 0.05) is 35.4 Å². The van der Waals surface area contributed by atoms with Gasteiger partial charge in [0.15, 0.2) is 5.52 Å². The van der Waals surface area contributed by atoms with Crippen LogP contribution in [-0.2, 0) is 4.79 Å². The van der Waals surface area contributed by atoms with Crippen LogP contribution in [-0.4, -0.2) is 34.4 Å². The molecule has 1 aliphatic carbocycles. The number of non-ortho nitro benzene ring substituents is 1. The molecule has 2 fully saturated rings. The molecule has 2 aromatic rings. The number of nitro groups is 1. The Morgan fingerprint density at radius 2 is 2.16 bits per heavy atom. The third-order valence-electron chi connectivity index (χ3n) is 4.91. The Hall–Kier alpha value is -2.70. The molecule has 1 atom stereocenters. The Labute approximate surface area is 145 Å². The van der Waals surface area contributed by atoms with Crippen LogP contribution < -0.4 is 10.2 Å². The van der Waals surface area contributed by atoms with Gasteiger partial charge >= 0.3 is 0 Å². The van der Waals surface area contributed by atoms with Crippen LogP contribution in [0.5, 0.6) is 0 Å². The van der Waals surface area contributed by atoms with E-state index in [1.807, 2.05) is 19.1 Å². The van der Waals surface area contributed by atoms with E-state index in [-0.39, 0.29) is 17.6 Å². The number of anilines is 1. The molecule has 7 nitrogen and oxygen atoms in total. The Balaban J connectivity index is 1.78. The zero-order chi connectivity index (χ0) is 17.6. The SMILES string of the molecule is Cc1cc(N2CCC[C@@H]2C(=O)NC2CC2)c2cccc([N+](=O)[O-])c2n1. The summed E-state index contributed by atoms with van der Waals surface area (Å²) in [7, 11) is 0. The number of nitro benzene ring substituents is 1. The molecule has 25 heavy (non-hydrogen) atoms. The van der Waals surface area contributed by atoms with Crippen molar-refractivity contribution >= 4 is 28.2 Å². The predicted molar refractivity (Wildman–Crippen MR) is 94.7 cm³/mol. The van der Waals surface area contributed by atoms with Crippen LogP contribution in [0.3, 0.4) is 0 Å². The number of carbonyl (C=O) groups is 1. The number of fused-ring (bicyclic) bond motifs is 1. The number of amides is 1. The van der Waals surface area contributed by atoms with E-state index in [1.54, 1.807) is 6.07 Å². The first-order valence-electron chi connectivity index (χ1n) is 8.66. The van der Waals surface area contributed by atoms with Gasteiger partial charge in [0.1, 0.15) is 6.04 Å². The minimum Gasteiger partial charge on any atom is -0.359 e. The first-order valence-corrected chi connectivity index (χ1v) is 8.66. The zero-order valence-electron chi connectivity index (χ0n) is 14.1. The summed E-state index contributed by atoms with van der Waals surface area (Å²) in [5, 5.41) is 15.2. The molecule has 1 aromatic heterocycles. The molecule has 2 heterocycles. The van der Waals surface area contributed by atoms with Crippen LogP contribution in [0.4, 0.5) is 11.4 Å². The largest absolute Gasteiger partial charge is 0.359 e. The second kappa shape index (κ2) is 5.98. The summed E-state index contributed by atoms with van der Waals surface area (Å²) >= 11 is 0. The van der Waals surface area contributed by atoms with Gasteiger partial charge in [0.05, 0.1) is 4.92 Å². The lowest BCUT2D eigenvalue weighted by molar-refractivity contribution is -0.383. The fourth-order valence-corrected chi connectivity index (χ4v) is 3.58. The molecular weight excluding hydrogens is 320 g/mol. The number of nitrogens with one attached hydrogen (secondary N) is 1. The van der Waals surface area contributed by atoms with Crippen LogP contribution in [0.25, 0.3) is 10.9 Å². The molecule has 0 radical (unpaired) electrons. The molecule has 1 N–H and O–H groups in total. The van der Waals surface area contributed by atoms with Gasteiger partial charge in [-0.1, -0.05) is 12.1 Å². The standard InChI is InChI=1S/C18H20N4O3/c1-11-10-16(13-4-2-5-14(22(24)25)17(13)19-11)21-9-3-6-15(21)18(23)20-12-7-8-12/h2,4-5,10,12,15H,3,6-9H2,1H3,(H,20,23)/t15-/m1/s1. The molecular formula is C18H20N4O3. The summed E-state index contributed by atoms with van der Waals surface area (Å²) in [5.41, 5.74) is 1.96. The van der Waals surface area contributed by atoms with Gasteiger partial charge < -0.3 is 10.2 Å². The fraction of sp³-hybridized carbons (Fsp3) is 0.444. The molecule has 0 unspecified atom stereocenters. The highest BCUT2D eigenvalue weighted by Crippen LogP contribution is 2.36. The highest BCUT2D eigenvalue weighted by molar-refractivity contribution is 5.99. The van der Waals surface area contributed by atoms with Gasteiger partial charge in [0.2, 0.25) is 5.91 Å². The number of para-hydroxylation sites is 1. The van der Waals surface area contributed by atoms with Crippen molar-refractivity contribution in [3.8, 4) is 0 Å². The molecule has 7 heteroatoms. The molecule has 1 saturated heterocycles. The number of aromatic nitrogens is 1. The van der Waals surface area contributed by atoms with Gasteiger partial charge in [-0.2, -0.15) is 0 Å². The summed E-state index contributed by atoms with van der Waals surface area (Å²) in [6.07, 6.45) is 3.85. The van der Waals surface area contributed by atoms with Gasteiger partial charge in [-0.25, -0.2) is 4.98 Å². The van der Waals surface area contributed by atoms with Crippen molar-refractivity contribution in [1.82, 2.24) is 10.3 Å². The van der Waals surface area contributed by atoms with Gasteiger partial charge in [-0.05, 0) is 38.7 Å². The van der Waals surface area contributed by atoms with Crippen molar-refractivity contribution in [3.05, 3.63) is 40.1 Å². The number of benzene rings is 1. The topological polar surface area (TPSA) is 88.4 Å². The molecule has 1 aliphatic heterocycles. The monoisotopic (exact) mass is 340 g/mol. The Morgan fingerprint density at radius 3 is 2.88 bits per heavy atom. The predicted octanol–water partition coefficient (Wildman–Crippen LogP) is 2.70. The van der Waals surface area contributed by atoms with Crippen molar-refractivity contribution in [3.63, 3.8) is 0 Å². The number of rotatable bonds is 4. The Morgan fingerprint density at radius 1 is 1.36 bits per heavy atom. The van der Waals surface area contributed by atoms with Crippen LogP contribution >= 0.6 is 0 Å². The number of aryl methyl sites for hydroxylation is 1. The smallest absolute Gasteiger partial charge is 0.295 e. The van der Waals surface area contributed by atoms with E-state index in [0.29, 0.717) is 17.3 Å². The third kappa shape index (κ3) is 2.90. The first kappa shape index (κ1) is 15.8. The fourth-order valence-electron chi connectivity index (χ4n) is 3.58. The number of pyridine rings is 1. The van der Waals surface area contributed by atoms with E-state index in [9.17, 15) is 14.9 Å². The van der Waals surface area contributed by atoms with Gasteiger partial charge in [-0.3, -0.25) is 14.9 Å². The summed E-state index contributed by atoms with van der Waals surface area (Å²) in [6, 6.07) is 7.03. The number of carbonyl (C=O) groups excluding carboxylic acids is 1. The Bertz CT molecular complexity index is 863. The average Bonchev–Trinajstić information content (AvgIpc) is 3.25. The lowest BCUT2D eigenvalue weighted by atomic mass is 10.1. The van der Waals surface area contributed by atoms with Crippen molar-refractivity contribution in [2.45, 2.75) is 44.7 Å². The summed E-state index contributed by atoms with van der Waals surface area (Å²) in [4.78, 5) is 30.0. The van der Waals surface area contributed by atoms with Crippen molar-refractivity contribution in [2.75, 3.05) is 11.4 Å². The van der Waals surface area contributed by atoms with E-state index in [0.717, 1.165) is 43.3 Å². The molecule has 2 aliphatic rings. The molecule has 4 rings (SSSR count). The van der Waals surface area contributed by atoms with Crippen LogP contribution in [0.2, 0.25) is 0 Å². The minimum absolute atomic E-state index is 0.000582. The summed E-state index contributed by atoms with van der Waals surface area (Å²) in [6.45, 7) is 2.60. The molecule has 130 valence electrons. The average molecular weight is 340 g/mol. The van der Waals surface area contributed by atoms with Crippen molar-refractivity contribution in [2.24, 2.45) is 0 Å². The number of nitrogens with zero attached hydrogens (tertiary/aromatic N) is 3. The second-order valence-corrected chi connectivity index (χ2v) is 6.85.